The molecular weight excluding hydrogens is 238 g/mol. The van der Waals surface area contributed by atoms with Crippen LogP contribution >= 0.6 is 0 Å². The molecule has 1 aromatic carbocycles. The van der Waals surface area contributed by atoms with Gasteiger partial charge in [0.2, 0.25) is 0 Å². The van der Waals surface area contributed by atoms with Gasteiger partial charge in [-0.1, -0.05) is 25.0 Å². The Balaban J connectivity index is 3.08. The highest BCUT2D eigenvalue weighted by atomic mass is 16.4. The molecule has 0 aliphatic carbocycles. The zero-order valence-electron chi connectivity index (χ0n) is 12.2. The quantitative estimate of drug-likeness (QED) is 0.793. The van der Waals surface area contributed by atoms with Gasteiger partial charge in [0.1, 0.15) is 0 Å². The van der Waals surface area contributed by atoms with E-state index in [1.807, 2.05) is 13.0 Å². The largest absolute Gasteiger partial charge is 0.478 e. The molecule has 0 aliphatic rings. The van der Waals surface area contributed by atoms with E-state index in [2.05, 4.69) is 37.9 Å². The molecule has 1 unspecified atom stereocenters. The minimum atomic E-state index is -0.920. The molecule has 0 spiro atoms. The van der Waals surface area contributed by atoms with E-state index in [0.717, 1.165) is 29.7 Å². The summed E-state index contributed by atoms with van der Waals surface area (Å²) in [4.78, 5) is 12.9. The van der Waals surface area contributed by atoms with Crippen molar-refractivity contribution in [3.8, 4) is 0 Å². The number of carboxylic acid groups (broad SMARTS) is 1. The predicted molar refractivity (Wildman–Crippen MR) is 80.6 cm³/mol. The van der Waals surface area contributed by atoms with E-state index in [1.54, 1.807) is 6.08 Å². The van der Waals surface area contributed by atoms with Crippen LogP contribution in [0.5, 0.6) is 0 Å². The summed E-state index contributed by atoms with van der Waals surface area (Å²) >= 11 is 0. The van der Waals surface area contributed by atoms with Gasteiger partial charge in [-0.3, -0.25) is 0 Å². The lowest BCUT2D eigenvalue weighted by atomic mass is 10.1. The second-order valence-corrected chi connectivity index (χ2v) is 4.98. The Labute approximate surface area is 115 Å². The Bertz CT molecular complexity index is 466. The standard InChI is InChI=1S/C16H23NO2/c1-5-6-13(3)17(4)15-9-7-12(2)11-14(15)8-10-16(18)19/h7-11,13H,5-6H2,1-4H3,(H,18,19)/b10-8+. The Morgan fingerprint density at radius 1 is 1.47 bits per heavy atom. The van der Waals surface area contributed by atoms with Crippen molar-refractivity contribution in [3.63, 3.8) is 0 Å². The first-order chi connectivity index (χ1) is 8.95. The summed E-state index contributed by atoms with van der Waals surface area (Å²) in [5.41, 5.74) is 3.15. The topological polar surface area (TPSA) is 40.5 Å². The van der Waals surface area contributed by atoms with E-state index in [0.29, 0.717) is 6.04 Å². The van der Waals surface area contributed by atoms with Crippen molar-refractivity contribution in [2.45, 2.75) is 39.7 Å². The van der Waals surface area contributed by atoms with Crippen LogP contribution in [0.25, 0.3) is 6.08 Å². The summed E-state index contributed by atoms with van der Waals surface area (Å²) in [5.74, 6) is -0.920. The first-order valence-corrected chi connectivity index (χ1v) is 6.70. The van der Waals surface area contributed by atoms with Gasteiger partial charge in [0, 0.05) is 24.9 Å². The van der Waals surface area contributed by atoms with E-state index in [4.69, 9.17) is 5.11 Å². The van der Waals surface area contributed by atoms with Crippen molar-refractivity contribution in [2.24, 2.45) is 0 Å². The van der Waals surface area contributed by atoms with Gasteiger partial charge in [0.25, 0.3) is 0 Å². The Kier molecular flexibility index (Phi) is 5.61. The molecule has 1 rings (SSSR count). The summed E-state index contributed by atoms with van der Waals surface area (Å²) < 4.78 is 0. The van der Waals surface area contributed by atoms with E-state index >= 15 is 0 Å². The zero-order chi connectivity index (χ0) is 14.4. The zero-order valence-corrected chi connectivity index (χ0v) is 12.2. The smallest absolute Gasteiger partial charge is 0.328 e. The average Bonchev–Trinajstić information content (AvgIpc) is 2.36. The lowest BCUT2D eigenvalue weighted by Crippen LogP contribution is -2.29. The lowest BCUT2D eigenvalue weighted by Gasteiger charge is -2.28. The molecule has 104 valence electrons. The first kappa shape index (κ1) is 15.3. The minimum Gasteiger partial charge on any atom is -0.478 e. The van der Waals surface area contributed by atoms with Gasteiger partial charge >= 0.3 is 5.97 Å². The number of hydrogen-bond donors (Lipinski definition) is 1. The second-order valence-electron chi connectivity index (χ2n) is 4.98. The summed E-state index contributed by atoms with van der Waals surface area (Å²) in [6, 6.07) is 6.57. The van der Waals surface area contributed by atoms with Gasteiger partial charge in [-0.25, -0.2) is 4.79 Å². The number of aliphatic carboxylic acids is 1. The summed E-state index contributed by atoms with van der Waals surface area (Å²) in [5, 5.41) is 8.77. The van der Waals surface area contributed by atoms with Crippen LogP contribution in [0, 0.1) is 6.92 Å². The van der Waals surface area contributed by atoms with E-state index in [1.165, 1.54) is 6.08 Å². The molecule has 0 aromatic heterocycles. The minimum absolute atomic E-state index is 0.435. The van der Waals surface area contributed by atoms with Gasteiger partial charge in [-0.2, -0.15) is 0 Å². The van der Waals surface area contributed by atoms with Crippen molar-refractivity contribution in [1.29, 1.82) is 0 Å². The maximum absolute atomic E-state index is 10.7. The third-order valence-corrected chi connectivity index (χ3v) is 3.34. The normalized spacial score (nSPS) is 12.6. The molecule has 3 nitrogen and oxygen atoms in total. The molecule has 0 bridgehead atoms. The molecule has 1 aromatic rings. The van der Waals surface area contributed by atoms with Gasteiger partial charge in [-0.15, -0.1) is 0 Å². The highest BCUT2D eigenvalue weighted by Crippen LogP contribution is 2.25. The number of carbonyl (C=O) groups is 1. The van der Waals surface area contributed by atoms with Crippen LogP contribution < -0.4 is 4.90 Å². The molecule has 0 aliphatic heterocycles. The lowest BCUT2D eigenvalue weighted by molar-refractivity contribution is -0.131. The third-order valence-electron chi connectivity index (χ3n) is 3.34. The van der Waals surface area contributed by atoms with Gasteiger partial charge in [0.15, 0.2) is 0 Å². The molecule has 1 atom stereocenters. The van der Waals surface area contributed by atoms with Crippen molar-refractivity contribution in [1.82, 2.24) is 0 Å². The fourth-order valence-electron chi connectivity index (χ4n) is 2.14. The number of aryl methyl sites for hydroxylation is 1. The molecule has 0 amide bonds. The maximum Gasteiger partial charge on any atom is 0.328 e. The van der Waals surface area contributed by atoms with Crippen LogP contribution in [-0.2, 0) is 4.79 Å². The Hall–Kier alpha value is -1.77. The number of anilines is 1. The Morgan fingerprint density at radius 2 is 2.16 bits per heavy atom. The van der Waals surface area contributed by atoms with Crippen molar-refractivity contribution in [2.75, 3.05) is 11.9 Å². The summed E-state index contributed by atoms with van der Waals surface area (Å²) in [6.45, 7) is 6.37. The van der Waals surface area contributed by atoms with Crippen molar-refractivity contribution in [3.05, 3.63) is 35.4 Å². The van der Waals surface area contributed by atoms with Crippen LogP contribution in [-0.4, -0.2) is 24.2 Å². The van der Waals surface area contributed by atoms with Gasteiger partial charge in [-0.05, 0) is 44.0 Å². The SMILES string of the molecule is CCCC(C)N(C)c1ccc(C)cc1/C=C/C(=O)O. The summed E-state index contributed by atoms with van der Waals surface area (Å²) in [6.07, 6.45) is 5.11. The van der Waals surface area contributed by atoms with Crippen LogP contribution in [0.3, 0.4) is 0 Å². The number of nitrogens with zero attached hydrogens (tertiary/aromatic N) is 1. The van der Waals surface area contributed by atoms with Gasteiger partial charge in [0.05, 0.1) is 0 Å². The molecule has 0 saturated carbocycles. The fraction of sp³-hybridized carbons (Fsp3) is 0.438. The highest BCUT2D eigenvalue weighted by Gasteiger charge is 2.12. The molecule has 0 radical (unpaired) electrons. The fourth-order valence-corrected chi connectivity index (χ4v) is 2.14. The first-order valence-electron chi connectivity index (χ1n) is 6.70. The van der Waals surface area contributed by atoms with Crippen LogP contribution in [0.1, 0.15) is 37.8 Å². The van der Waals surface area contributed by atoms with E-state index in [9.17, 15) is 4.79 Å². The molecule has 19 heavy (non-hydrogen) atoms. The number of carboxylic acids is 1. The molecule has 0 saturated heterocycles. The van der Waals surface area contributed by atoms with Crippen molar-refractivity contribution >= 4 is 17.7 Å². The van der Waals surface area contributed by atoms with Crippen molar-refractivity contribution < 1.29 is 9.90 Å². The molecule has 0 heterocycles. The van der Waals surface area contributed by atoms with E-state index in [-0.39, 0.29) is 0 Å². The monoisotopic (exact) mass is 261 g/mol. The molecular formula is C16H23NO2. The third kappa shape index (κ3) is 4.43. The number of benzene rings is 1. The maximum atomic E-state index is 10.7. The highest BCUT2D eigenvalue weighted by molar-refractivity contribution is 5.87. The number of hydrogen-bond acceptors (Lipinski definition) is 2. The average molecular weight is 261 g/mol. The second kappa shape index (κ2) is 6.98. The van der Waals surface area contributed by atoms with Crippen LogP contribution in [0.15, 0.2) is 24.3 Å². The molecule has 3 heteroatoms. The van der Waals surface area contributed by atoms with Crippen LogP contribution in [0.2, 0.25) is 0 Å². The Morgan fingerprint density at radius 3 is 2.74 bits per heavy atom. The predicted octanol–water partition coefficient (Wildman–Crippen LogP) is 3.72. The van der Waals surface area contributed by atoms with Crippen LogP contribution in [0.4, 0.5) is 5.69 Å². The molecule has 0 fully saturated rings. The number of rotatable bonds is 6. The summed E-state index contributed by atoms with van der Waals surface area (Å²) in [7, 11) is 2.06. The molecule has 1 N–H and O–H groups in total. The van der Waals surface area contributed by atoms with Gasteiger partial charge < -0.3 is 10.0 Å². The van der Waals surface area contributed by atoms with E-state index < -0.39 is 5.97 Å².